The van der Waals surface area contributed by atoms with E-state index in [4.69, 9.17) is 0 Å². The first-order valence-corrected chi connectivity index (χ1v) is 6.42. The van der Waals surface area contributed by atoms with E-state index in [-0.39, 0.29) is 6.04 Å². The highest BCUT2D eigenvalue weighted by molar-refractivity contribution is 5.21. The molecule has 0 amide bonds. The van der Waals surface area contributed by atoms with Gasteiger partial charge in [0.25, 0.3) is 0 Å². The third kappa shape index (κ3) is 2.87. The summed E-state index contributed by atoms with van der Waals surface area (Å²) in [6.07, 6.45) is 0. The first-order valence-electron chi connectivity index (χ1n) is 6.42. The molecule has 3 unspecified atom stereocenters. The van der Waals surface area contributed by atoms with Crippen molar-refractivity contribution in [1.82, 2.24) is 10.2 Å². The quantitative estimate of drug-likeness (QED) is 0.873. The van der Waals surface area contributed by atoms with Crippen molar-refractivity contribution >= 4 is 0 Å². The average Bonchev–Trinajstić information content (AvgIpc) is 2.30. The largest absolute Gasteiger partial charge is 0.309 e. The zero-order valence-electron chi connectivity index (χ0n) is 11.1. The van der Waals surface area contributed by atoms with Gasteiger partial charge in [-0.2, -0.15) is 0 Å². The number of piperazine rings is 1. The fourth-order valence-electron chi connectivity index (χ4n) is 2.67. The molecule has 2 rings (SSSR count). The molecule has 1 aromatic carbocycles. The maximum absolute atomic E-state index is 13.3. The molecule has 18 heavy (non-hydrogen) atoms. The van der Waals surface area contributed by atoms with Gasteiger partial charge < -0.3 is 5.32 Å². The van der Waals surface area contributed by atoms with Crippen molar-refractivity contribution in [3.63, 3.8) is 0 Å². The first-order chi connectivity index (χ1) is 8.47. The molecule has 1 heterocycles. The molecule has 1 aliphatic rings. The molecule has 4 heteroatoms. The summed E-state index contributed by atoms with van der Waals surface area (Å²) in [4.78, 5) is 2.30. The lowest BCUT2D eigenvalue weighted by Gasteiger charge is -2.39. The molecule has 0 aromatic heterocycles. The highest BCUT2D eigenvalue weighted by Crippen LogP contribution is 2.23. The van der Waals surface area contributed by atoms with Crippen LogP contribution in [-0.4, -0.2) is 30.1 Å². The van der Waals surface area contributed by atoms with Gasteiger partial charge in [-0.05, 0) is 38.5 Å². The molecule has 100 valence electrons. The second-order valence-electron chi connectivity index (χ2n) is 5.27. The van der Waals surface area contributed by atoms with Crippen LogP contribution in [-0.2, 0) is 0 Å². The molecule has 1 N–H and O–H groups in total. The molecule has 1 saturated heterocycles. The first kappa shape index (κ1) is 13.4. The fourth-order valence-corrected chi connectivity index (χ4v) is 2.67. The fraction of sp³-hybridized carbons (Fsp3) is 0.571. The topological polar surface area (TPSA) is 15.3 Å². The van der Waals surface area contributed by atoms with Gasteiger partial charge in [0.2, 0.25) is 0 Å². The Labute approximate surface area is 107 Å². The lowest BCUT2D eigenvalue weighted by Crippen LogP contribution is -2.54. The summed E-state index contributed by atoms with van der Waals surface area (Å²) in [5.41, 5.74) is 0.829. The monoisotopic (exact) mass is 254 g/mol. The van der Waals surface area contributed by atoms with Crippen molar-refractivity contribution in [2.45, 2.75) is 38.9 Å². The molecule has 2 nitrogen and oxygen atoms in total. The molecule has 1 aliphatic heterocycles. The summed E-state index contributed by atoms with van der Waals surface area (Å²) in [5, 5.41) is 3.46. The summed E-state index contributed by atoms with van der Waals surface area (Å²) in [5.74, 6) is -1.55. The van der Waals surface area contributed by atoms with E-state index in [9.17, 15) is 8.78 Å². The van der Waals surface area contributed by atoms with Crippen LogP contribution in [0.2, 0.25) is 0 Å². The second kappa shape index (κ2) is 5.33. The summed E-state index contributed by atoms with van der Waals surface area (Å²) >= 11 is 0. The van der Waals surface area contributed by atoms with Crippen LogP contribution < -0.4 is 5.32 Å². The Morgan fingerprint density at radius 2 is 1.78 bits per heavy atom. The maximum atomic E-state index is 13.3. The van der Waals surface area contributed by atoms with E-state index in [2.05, 4.69) is 24.1 Å². The number of hydrogen-bond acceptors (Lipinski definition) is 2. The van der Waals surface area contributed by atoms with Gasteiger partial charge >= 0.3 is 0 Å². The SMILES string of the molecule is CC1CN(C(C)c2ccc(F)c(F)c2)CC(C)N1. The van der Waals surface area contributed by atoms with Gasteiger partial charge in [0.15, 0.2) is 11.6 Å². The minimum Gasteiger partial charge on any atom is -0.309 e. The summed E-state index contributed by atoms with van der Waals surface area (Å²) < 4.78 is 26.2. The molecular weight excluding hydrogens is 234 g/mol. The number of halogens is 2. The van der Waals surface area contributed by atoms with Gasteiger partial charge in [0.1, 0.15) is 0 Å². The number of hydrogen-bond donors (Lipinski definition) is 1. The predicted octanol–water partition coefficient (Wildman–Crippen LogP) is 2.71. The average molecular weight is 254 g/mol. The molecule has 0 radical (unpaired) electrons. The molecule has 1 fully saturated rings. The molecule has 0 spiro atoms. The van der Waals surface area contributed by atoms with Gasteiger partial charge in [-0.3, -0.25) is 4.90 Å². The Kier molecular flexibility index (Phi) is 3.97. The zero-order valence-corrected chi connectivity index (χ0v) is 11.1. The summed E-state index contributed by atoms with van der Waals surface area (Å²) in [7, 11) is 0. The van der Waals surface area contributed by atoms with E-state index in [1.807, 2.05) is 6.92 Å². The van der Waals surface area contributed by atoms with E-state index in [1.54, 1.807) is 6.07 Å². The van der Waals surface area contributed by atoms with Gasteiger partial charge in [0, 0.05) is 31.2 Å². The maximum Gasteiger partial charge on any atom is 0.159 e. The van der Waals surface area contributed by atoms with Crippen molar-refractivity contribution < 1.29 is 8.78 Å². The molecule has 3 atom stereocenters. The molecule has 0 bridgehead atoms. The lowest BCUT2D eigenvalue weighted by atomic mass is 10.0. The summed E-state index contributed by atoms with van der Waals surface area (Å²) in [6.45, 7) is 8.16. The van der Waals surface area contributed by atoms with Crippen LogP contribution in [0.4, 0.5) is 8.78 Å². The Hall–Kier alpha value is -1.00. The second-order valence-corrected chi connectivity index (χ2v) is 5.27. The smallest absolute Gasteiger partial charge is 0.159 e. The number of rotatable bonds is 2. The third-order valence-corrected chi connectivity index (χ3v) is 3.56. The number of nitrogens with zero attached hydrogens (tertiary/aromatic N) is 1. The van der Waals surface area contributed by atoms with Gasteiger partial charge in [0.05, 0.1) is 0 Å². The molecule has 1 aromatic rings. The Bertz CT molecular complexity index is 412. The normalized spacial score (nSPS) is 27.2. The number of benzene rings is 1. The van der Waals surface area contributed by atoms with Crippen LogP contribution in [0.5, 0.6) is 0 Å². The Morgan fingerprint density at radius 3 is 2.33 bits per heavy atom. The van der Waals surface area contributed by atoms with Gasteiger partial charge in [-0.1, -0.05) is 6.07 Å². The Morgan fingerprint density at radius 1 is 1.17 bits per heavy atom. The standard InChI is InChI=1S/C14H20F2N2/c1-9-7-18(8-10(2)17-9)11(3)12-4-5-13(15)14(16)6-12/h4-6,9-11,17H,7-8H2,1-3H3. The van der Waals surface area contributed by atoms with Gasteiger partial charge in [-0.15, -0.1) is 0 Å². The van der Waals surface area contributed by atoms with Crippen molar-refractivity contribution in [3.05, 3.63) is 35.4 Å². The number of nitrogens with one attached hydrogen (secondary N) is 1. The van der Waals surface area contributed by atoms with Crippen LogP contribution in [0.15, 0.2) is 18.2 Å². The predicted molar refractivity (Wildman–Crippen MR) is 68.4 cm³/mol. The Balaban J connectivity index is 2.14. The van der Waals surface area contributed by atoms with Gasteiger partial charge in [-0.25, -0.2) is 8.78 Å². The highest BCUT2D eigenvalue weighted by atomic mass is 19.2. The third-order valence-electron chi connectivity index (χ3n) is 3.56. The van der Waals surface area contributed by atoms with Crippen molar-refractivity contribution in [1.29, 1.82) is 0 Å². The van der Waals surface area contributed by atoms with Crippen molar-refractivity contribution in [3.8, 4) is 0 Å². The minimum atomic E-state index is -0.784. The highest BCUT2D eigenvalue weighted by Gasteiger charge is 2.25. The van der Waals surface area contributed by atoms with Crippen molar-refractivity contribution in [2.24, 2.45) is 0 Å². The van der Waals surface area contributed by atoms with E-state index in [0.717, 1.165) is 18.7 Å². The minimum absolute atomic E-state index is 0.104. The molecule has 0 saturated carbocycles. The van der Waals surface area contributed by atoms with Crippen LogP contribution in [0.1, 0.15) is 32.4 Å². The van der Waals surface area contributed by atoms with E-state index < -0.39 is 11.6 Å². The lowest BCUT2D eigenvalue weighted by molar-refractivity contribution is 0.131. The van der Waals surface area contributed by atoms with E-state index in [1.165, 1.54) is 12.1 Å². The van der Waals surface area contributed by atoms with E-state index in [0.29, 0.717) is 12.1 Å². The molecular formula is C14H20F2N2. The van der Waals surface area contributed by atoms with Crippen LogP contribution in [0.25, 0.3) is 0 Å². The van der Waals surface area contributed by atoms with Crippen LogP contribution >= 0.6 is 0 Å². The van der Waals surface area contributed by atoms with Crippen LogP contribution in [0, 0.1) is 11.6 Å². The van der Waals surface area contributed by atoms with Crippen molar-refractivity contribution in [2.75, 3.05) is 13.1 Å². The van der Waals surface area contributed by atoms with E-state index >= 15 is 0 Å². The van der Waals surface area contributed by atoms with Crippen LogP contribution in [0.3, 0.4) is 0 Å². The molecule has 0 aliphatic carbocycles. The zero-order chi connectivity index (χ0) is 13.3. The summed E-state index contributed by atoms with van der Waals surface area (Å²) in [6, 6.07) is 5.11.